The Morgan fingerprint density at radius 1 is 1.62 bits per heavy atom. The third-order valence-electron chi connectivity index (χ3n) is 2.60. The van der Waals surface area contributed by atoms with Gasteiger partial charge in [-0.2, -0.15) is 0 Å². The predicted molar refractivity (Wildman–Crippen MR) is 55.5 cm³/mol. The zero-order valence-corrected chi connectivity index (χ0v) is 9.64. The normalized spacial score (nSPS) is 29.9. The van der Waals surface area contributed by atoms with Gasteiger partial charge in [0, 0.05) is 21.9 Å². The Kier molecular flexibility index (Phi) is 3.84. The maximum absolute atomic E-state index is 11.7. The molecule has 0 N–H and O–H groups in total. The Morgan fingerprint density at radius 3 is 2.62 bits per heavy atom. The fraction of sp³-hybridized carbons (Fsp3) is 0.889. The van der Waals surface area contributed by atoms with Crippen LogP contribution < -0.4 is 0 Å². The second kappa shape index (κ2) is 4.50. The molecule has 4 heteroatoms. The number of hydrogen-bond acceptors (Lipinski definition) is 3. The standard InChI is InChI=1S/C9H18NO2P/c1-6(2)9(11)8-4-7(12-13)5-10(8)3/h6-8H,4-5,13H2,1-3H3/t7?,8-/m0/s1. The van der Waals surface area contributed by atoms with Crippen LogP contribution in [0.5, 0.6) is 0 Å². The highest BCUT2D eigenvalue weighted by atomic mass is 31.0. The molecule has 0 aromatic rings. The van der Waals surface area contributed by atoms with E-state index in [4.69, 9.17) is 4.52 Å². The molecule has 2 unspecified atom stereocenters. The van der Waals surface area contributed by atoms with Crippen molar-refractivity contribution in [2.75, 3.05) is 13.6 Å². The number of Topliss-reactive ketones (excluding diaryl/α,β-unsaturated/α-hetero) is 1. The molecule has 1 heterocycles. The highest BCUT2D eigenvalue weighted by Gasteiger charge is 2.35. The maximum Gasteiger partial charge on any atom is 0.152 e. The number of nitrogens with zero attached hydrogens (tertiary/aromatic N) is 1. The zero-order valence-electron chi connectivity index (χ0n) is 8.49. The summed E-state index contributed by atoms with van der Waals surface area (Å²) in [6.07, 6.45) is 1.03. The minimum Gasteiger partial charge on any atom is -0.361 e. The smallest absolute Gasteiger partial charge is 0.152 e. The molecule has 0 aromatic heterocycles. The largest absolute Gasteiger partial charge is 0.361 e. The topological polar surface area (TPSA) is 29.5 Å². The van der Waals surface area contributed by atoms with Crippen molar-refractivity contribution in [3.8, 4) is 0 Å². The van der Waals surface area contributed by atoms with Crippen LogP contribution in [0.3, 0.4) is 0 Å². The van der Waals surface area contributed by atoms with Crippen LogP contribution in [-0.2, 0) is 9.32 Å². The van der Waals surface area contributed by atoms with E-state index in [9.17, 15) is 4.79 Å². The van der Waals surface area contributed by atoms with Gasteiger partial charge >= 0.3 is 0 Å². The van der Waals surface area contributed by atoms with Gasteiger partial charge in [0.25, 0.3) is 0 Å². The number of hydrogen-bond donors (Lipinski definition) is 0. The molecule has 1 aliphatic heterocycles. The molecule has 1 rings (SSSR count). The van der Waals surface area contributed by atoms with Crippen LogP contribution >= 0.6 is 9.47 Å². The molecule has 0 spiro atoms. The number of likely N-dealkylation sites (tertiary alicyclic amines) is 1. The highest BCUT2D eigenvalue weighted by molar-refractivity contribution is 7.09. The summed E-state index contributed by atoms with van der Waals surface area (Å²) in [6, 6.07) is 0.0607. The van der Waals surface area contributed by atoms with Gasteiger partial charge in [0.05, 0.1) is 12.1 Å². The zero-order chi connectivity index (χ0) is 10.0. The average Bonchev–Trinajstić information content (AvgIpc) is 2.45. The number of carbonyl (C=O) groups excluding carboxylic acids is 1. The van der Waals surface area contributed by atoms with Crippen molar-refractivity contribution in [2.45, 2.75) is 32.4 Å². The summed E-state index contributed by atoms with van der Waals surface area (Å²) in [5.74, 6) is 0.447. The van der Waals surface area contributed by atoms with Gasteiger partial charge in [-0.25, -0.2) is 0 Å². The first-order chi connectivity index (χ1) is 6.06. The van der Waals surface area contributed by atoms with E-state index in [0.717, 1.165) is 13.0 Å². The molecule has 13 heavy (non-hydrogen) atoms. The summed E-state index contributed by atoms with van der Waals surface area (Å²) >= 11 is 0. The molecular formula is C9H18NO2P. The van der Waals surface area contributed by atoms with E-state index >= 15 is 0 Å². The van der Waals surface area contributed by atoms with E-state index in [0.29, 0.717) is 5.78 Å². The van der Waals surface area contributed by atoms with Crippen LogP contribution in [-0.4, -0.2) is 36.4 Å². The molecule has 0 aliphatic carbocycles. The molecule has 3 atom stereocenters. The molecule has 0 saturated carbocycles. The van der Waals surface area contributed by atoms with Crippen molar-refractivity contribution < 1.29 is 9.32 Å². The van der Waals surface area contributed by atoms with E-state index in [-0.39, 0.29) is 18.1 Å². The Hall–Kier alpha value is 0.0200. The SMILES string of the molecule is CC(C)C(=O)[C@@H]1CC(OP)CN1C. The van der Waals surface area contributed by atoms with Crippen LogP contribution in [0, 0.1) is 5.92 Å². The van der Waals surface area contributed by atoms with Crippen molar-refractivity contribution >= 4 is 15.2 Å². The average molecular weight is 203 g/mol. The molecule has 3 nitrogen and oxygen atoms in total. The van der Waals surface area contributed by atoms with Gasteiger partial charge in [-0.1, -0.05) is 13.8 Å². The number of rotatable bonds is 3. The second-order valence-electron chi connectivity index (χ2n) is 4.01. The molecule has 0 aromatic carbocycles. The van der Waals surface area contributed by atoms with E-state index in [1.807, 2.05) is 20.9 Å². The van der Waals surface area contributed by atoms with Crippen LogP contribution in [0.1, 0.15) is 20.3 Å². The minimum absolute atomic E-state index is 0.0607. The number of likely N-dealkylation sites (N-methyl/N-ethyl adjacent to an activating group) is 1. The lowest BCUT2D eigenvalue weighted by molar-refractivity contribution is -0.125. The van der Waals surface area contributed by atoms with Crippen LogP contribution in [0.4, 0.5) is 0 Å². The van der Waals surface area contributed by atoms with E-state index in [2.05, 4.69) is 14.4 Å². The van der Waals surface area contributed by atoms with Gasteiger partial charge in [0.1, 0.15) is 0 Å². The summed E-state index contributed by atoms with van der Waals surface area (Å²) < 4.78 is 5.16. The van der Waals surface area contributed by atoms with Gasteiger partial charge in [-0.05, 0) is 13.5 Å². The fourth-order valence-electron chi connectivity index (χ4n) is 1.77. The number of ketones is 1. The molecule has 1 saturated heterocycles. The van der Waals surface area contributed by atoms with Gasteiger partial charge < -0.3 is 4.52 Å². The molecular weight excluding hydrogens is 185 g/mol. The Morgan fingerprint density at radius 2 is 2.23 bits per heavy atom. The lowest BCUT2D eigenvalue weighted by atomic mass is 10.00. The molecule has 0 amide bonds. The third-order valence-corrected chi connectivity index (χ3v) is 2.98. The highest BCUT2D eigenvalue weighted by Crippen LogP contribution is 2.22. The monoisotopic (exact) mass is 203 g/mol. The van der Waals surface area contributed by atoms with E-state index < -0.39 is 0 Å². The second-order valence-corrected chi connectivity index (χ2v) is 4.28. The lowest BCUT2D eigenvalue weighted by Gasteiger charge is -2.19. The van der Waals surface area contributed by atoms with Crippen molar-refractivity contribution in [2.24, 2.45) is 5.92 Å². The van der Waals surface area contributed by atoms with Crippen LogP contribution in [0.25, 0.3) is 0 Å². The van der Waals surface area contributed by atoms with Crippen molar-refractivity contribution in [1.82, 2.24) is 4.90 Å². The van der Waals surface area contributed by atoms with Crippen molar-refractivity contribution in [3.63, 3.8) is 0 Å². The molecule has 1 fully saturated rings. The van der Waals surface area contributed by atoms with Crippen molar-refractivity contribution in [3.05, 3.63) is 0 Å². The van der Waals surface area contributed by atoms with Crippen LogP contribution in [0.2, 0.25) is 0 Å². The molecule has 0 radical (unpaired) electrons. The Bertz CT molecular complexity index is 196. The molecule has 0 bridgehead atoms. The first-order valence-electron chi connectivity index (χ1n) is 4.65. The Balaban J connectivity index is 2.57. The third kappa shape index (κ3) is 2.49. The lowest BCUT2D eigenvalue weighted by Crippen LogP contribution is -2.35. The number of carbonyl (C=O) groups is 1. The first-order valence-corrected chi connectivity index (χ1v) is 5.13. The maximum atomic E-state index is 11.7. The molecule has 1 aliphatic rings. The first kappa shape index (κ1) is 11.1. The Labute approximate surface area is 82.1 Å². The van der Waals surface area contributed by atoms with Gasteiger partial charge in [-0.15, -0.1) is 0 Å². The summed E-state index contributed by atoms with van der Waals surface area (Å²) in [7, 11) is 4.25. The predicted octanol–water partition coefficient (Wildman–Crippen LogP) is 1.09. The van der Waals surface area contributed by atoms with E-state index in [1.165, 1.54) is 0 Å². The van der Waals surface area contributed by atoms with Gasteiger partial charge in [0.2, 0.25) is 0 Å². The summed E-state index contributed by atoms with van der Waals surface area (Å²) in [4.78, 5) is 13.8. The van der Waals surface area contributed by atoms with E-state index in [1.54, 1.807) is 0 Å². The minimum atomic E-state index is 0.0607. The summed E-state index contributed by atoms with van der Waals surface area (Å²) in [6.45, 7) is 4.75. The fourth-order valence-corrected chi connectivity index (χ4v) is 1.97. The van der Waals surface area contributed by atoms with Gasteiger partial charge in [-0.3, -0.25) is 9.69 Å². The quantitative estimate of drug-likeness (QED) is 0.643. The van der Waals surface area contributed by atoms with Gasteiger partial charge in [0.15, 0.2) is 5.78 Å². The molecule has 76 valence electrons. The van der Waals surface area contributed by atoms with Crippen LogP contribution in [0.15, 0.2) is 0 Å². The summed E-state index contributed by atoms with van der Waals surface area (Å²) in [5, 5.41) is 0. The van der Waals surface area contributed by atoms with Crippen molar-refractivity contribution in [1.29, 1.82) is 0 Å². The summed E-state index contributed by atoms with van der Waals surface area (Å²) in [5.41, 5.74) is 0.